The first-order valence-electron chi connectivity index (χ1n) is 7.35. The molecule has 5 heteroatoms. The van der Waals surface area contributed by atoms with E-state index in [0.29, 0.717) is 18.2 Å². The molecule has 4 nitrogen and oxygen atoms in total. The molecule has 0 amide bonds. The van der Waals surface area contributed by atoms with Gasteiger partial charge in [0.05, 0.1) is 5.69 Å². The van der Waals surface area contributed by atoms with Crippen LogP contribution in [0.2, 0.25) is 0 Å². The fourth-order valence-corrected chi connectivity index (χ4v) is 4.02. The van der Waals surface area contributed by atoms with Gasteiger partial charge in [0.25, 0.3) is 0 Å². The third-order valence-electron chi connectivity index (χ3n) is 4.02. The fraction of sp³-hybridized carbons (Fsp3) is 0.600. The standard InChI is InChI=1S/C15H24N2O2S/c1-12-7-8-15(14(16)11-12)20(18,19)17-10-9-13-5-3-2-4-6-13/h7-8,11,13,17H,2-6,9-10,16H2,1H3. The van der Waals surface area contributed by atoms with Crippen LogP contribution in [0.5, 0.6) is 0 Å². The van der Waals surface area contributed by atoms with Crippen molar-refractivity contribution in [1.82, 2.24) is 4.72 Å². The summed E-state index contributed by atoms with van der Waals surface area (Å²) >= 11 is 0. The summed E-state index contributed by atoms with van der Waals surface area (Å²) in [7, 11) is -3.48. The minimum absolute atomic E-state index is 0.187. The quantitative estimate of drug-likeness (QED) is 0.821. The van der Waals surface area contributed by atoms with Crippen molar-refractivity contribution in [3.63, 3.8) is 0 Å². The molecule has 0 aromatic heterocycles. The number of nitrogens with two attached hydrogens (primary N) is 1. The Morgan fingerprint density at radius 2 is 1.95 bits per heavy atom. The number of nitrogens with one attached hydrogen (secondary N) is 1. The van der Waals surface area contributed by atoms with Gasteiger partial charge >= 0.3 is 0 Å². The maximum Gasteiger partial charge on any atom is 0.242 e. The lowest BCUT2D eigenvalue weighted by Gasteiger charge is -2.21. The van der Waals surface area contributed by atoms with Gasteiger partial charge in [-0.25, -0.2) is 13.1 Å². The smallest absolute Gasteiger partial charge is 0.242 e. The average Bonchev–Trinajstić information content (AvgIpc) is 2.39. The predicted octanol–water partition coefficient (Wildman–Crippen LogP) is 2.83. The summed E-state index contributed by atoms with van der Waals surface area (Å²) < 4.78 is 27.1. The maximum atomic E-state index is 12.2. The zero-order valence-electron chi connectivity index (χ0n) is 12.1. The SMILES string of the molecule is Cc1ccc(S(=O)(=O)NCCC2CCCCC2)c(N)c1. The maximum absolute atomic E-state index is 12.2. The third-order valence-corrected chi connectivity index (χ3v) is 5.56. The van der Waals surface area contributed by atoms with Crippen LogP contribution in [0.3, 0.4) is 0 Å². The van der Waals surface area contributed by atoms with Gasteiger partial charge in [-0.05, 0) is 37.0 Å². The van der Waals surface area contributed by atoms with Crippen molar-refractivity contribution in [1.29, 1.82) is 0 Å². The lowest BCUT2D eigenvalue weighted by Crippen LogP contribution is -2.27. The molecule has 0 bridgehead atoms. The summed E-state index contributed by atoms with van der Waals surface area (Å²) in [6, 6.07) is 5.04. The topological polar surface area (TPSA) is 72.2 Å². The van der Waals surface area contributed by atoms with Crippen molar-refractivity contribution < 1.29 is 8.42 Å². The number of benzene rings is 1. The van der Waals surface area contributed by atoms with Crippen LogP contribution in [0.25, 0.3) is 0 Å². The van der Waals surface area contributed by atoms with Gasteiger partial charge in [0.1, 0.15) is 4.90 Å². The van der Waals surface area contributed by atoms with Crippen LogP contribution in [0.4, 0.5) is 5.69 Å². The molecule has 1 aliphatic carbocycles. The van der Waals surface area contributed by atoms with Crippen molar-refractivity contribution in [3.05, 3.63) is 23.8 Å². The number of hydrogen-bond donors (Lipinski definition) is 2. The van der Waals surface area contributed by atoms with Crippen molar-refractivity contribution in [3.8, 4) is 0 Å². The Bertz CT molecular complexity index is 549. The van der Waals surface area contributed by atoms with Gasteiger partial charge in [-0.2, -0.15) is 0 Å². The number of hydrogen-bond acceptors (Lipinski definition) is 3. The van der Waals surface area contributed by atoms with E-state index >= 15 is 0 Å². The Balaban J connectivity index is 1.93. The molecule has 2 rings (SSSR count). The second-order valence-corrected chi connectivity index (χ2v) is 7.47. The molecule has 1 aromatic rings. The summed E-state index contributed by atoms with van der Waals surface area (Å²) in [5.41, 5.74) is 7.08. The summed E-state index contributed by atoms with van der Waals surface area (Å²) in [6.07, 6.45) is 7.26. The second kappa shape index (κ2) is 6.59. The molecule has 0 spiro atoms. The van der Waals surface area contributed by atoms with E-state index in [9.17, 15) is 8.42 Å². The number of rotatable bonds is 5. The van der Waals surface area contributed by atoms with Crippen molar-refractivity contribution >= 4 is 15.7 Å². The van der Waals surface area contributed by atoms with Gasteiger partial charge in [0, 0.05) is 6.54 Å². The van der Waals surface area contributed by atoms with E-state index in [2.05, 4.69) is 4.72 Å². The van der Waals surface area contributed by atoms with Crippen LogP contribution in [-0.2, 0) is 10.0 Å². The normalized spacial score (nSPS) is 17.2. The van der Waals surface area contributed by atoms with Gasteiger partial charge in [0.2, 0.25) is 10.0 Å². The van der Waals surface area contributed by atoms with E-state index < -0.39 is 10.0 Å². The Morgan fingerprint density at radius 3 is 2.60 bits per heavy atom. The summed E-state index contributed by atoms with van der Waals surface area (Å²) in [6.45, 7) is 2.39. The molecule has 1 aliphatic rings. The second-order valence-electron chi connectivity index (χ2n) is 5.73. The Kier molecular flexibility index (Phi) is 5.05. The van der Waals surface area contributed by atoms with Crippen LogP contribution >= 0.6 is 0 Å². The van der Waals surface area contributed by atoms with E-state index in [4.69, 9.17) is 5.73 Å². The molecular formula is C15H24N2O2S. The van der Waals surface area contributed by atoms with E-state index in [1.807, 2.05) is 6.92 Å². The van der Waals surface area contributed by atoms with E-state index in [1.54, 1.807) is 18.2 Å². The van der Waals surface area contributed by atoms with Gasteiger partial charge in [0.15, 0.2) is 0 Å². The Morgan fingerprint density at radius 1 is 1.25 bits per heavy atom. The van der Waals surface area contributed by atoms with E-state index in [1.165, 1.54) is 32.1 Å². The molecule has 0 unspecified atom stereocenters. The zero-order valence-corrected chi connectivity index (χ0v) is 12.9. The molecule has 1 aromatic carbocycles. The molecule has 3 N–H and O–H groups in total. The molecule has 112 valence electrons. The molecule has 1 saturated carbocycles. The van der Waals surface area contributed by atoms with Gasteiger partial charge < -0.3 is 5.73 Å². The first-order chi connectivity index (χ1) is 9.49. The van der Waals surface area contributed by atoms with Crippen LogP contribution < -0.4 is 10.5 Å². The Labute approximate surface area is 121 Å². The first-order valence-corrected chi connectivity index (χ1v) is 8.83. The monoisotopic (exact) mass is 296 g/mol. The number of anilines is 1. The zero-order chi connectivity index (χ0) is 14.6. The molecule has 20 heavy (non-hydrogen) atoms. The molecular weight excluding hydrogens is 272 g/mol. The van der Waals surface area contributed by atoms with E-state index in [0.717, 1.165) is 12.0 Å². The van der Waals surface area contributed by atoms with Crippen molar-refractivity contribution in [2.75, 3.05) is 12.3 Å². The van der Waals surface area contributed by atoms with Crippen LogP contribution in [-0.4, -0.2) is 15.0 Å². The molecule has 0 heterocycles. The third kappa shape index (κ3) is 3.96. The fourth-order valence-electron chi connectivity index (χ4n) is 2.86. The molecule has 1 fully saturated rings. The number of aryl methyl sites for hydroxylation is 1. The Hall–Kier alpha value is -1.07. The van der Waals surface area contributed by atoms with Crippen molar-refractivity contribution in [2.45, 2.75) is 50.3 Å². The van der Waals surface area contributed by atoms with Crippen LogP contribution in [0, 0.1) is 12.8 Å². The molecule has 0 aliphatic heterocycles. The highest BCUT2D eigenvalue weighted by molar-refractivity contribution is 7.89. The largest absolute Gasteiger partial charge is 0.398 e. The minimum atomic E-state index is -3.48. The number of nitrogen functional groups attached to an aromatic ring is 1. The van der Waals surface area contributed by atoms with Crippen LogP contribution in [0.15, 0.2) is 23.1 Å². The van der Waals surface area contributed by atoms with E-state index in [-0.39, 0.29) is 4.90 Å². The van der Waals surface area contributed by atoms with Crippen LogP contribution in [0.1, 0.15) is 44.1 Å². The lowest BCUT2D eigenvalue weighted by molar-refractivity contribution is 0.339. The van der Waals surface area contributed by atoms with Gasteiger partial charge in [-0.1, -0.05) is 38.2 Å². The molecule has 0 atom stereocenters. The average molecular weight is 296 g/mol. The summed E-state index contributed by atoms with van der Waals surface area (Å²) in [5.74, 6) is 0.668. The van der Waals surface area contributed by atoms with Gasteiger partial charge in [-0.15, -0.1) is 0 Å². The highest BCUT2D eigenvalue weighted by Gasteiger charge is 2.18. The predicted molar refractivity (Wildman–Crippen MR) is 82.0 cm³/mol. The molecule has 0 radical (unpaired) electrons. The highest BCUT2D eigenvalue weighted by Crippen LogP contribution is 2.26. The summed E-state index contributed by atoms with van der Waals surface area (Å²) in [4.78, 5) is 0.187. The van der Waals surface area contributed by atoms with Crippen molar-refractivity contribution in [2.24, 2.45) is 5.92 Å². The highest BCUT2D eigenvalue weighted by atomic mass is 32.2. The first kappa shape index (κ1) is 15.3. The molecule has 0 saturated heterocycles. The lowest BCUT2D eigenvalue weighted by atomic mass is 9.87. The van der Waals surface area contributed by atoms with Gasteiger partial charge in [-0.3, -0.25) is 0 Å². The minimum Gasteiger partial charge on any atom is -0.398 e. The summed E-state index contributed by atoms with van der Waals surface area (Å²) in [5, 5.41) is 0. The number of sulfonamides is 1.